The van der Waals surface area contributed by atoms with E-state index >= 15 is 0 Å². The Morgan fingerprint density at radius 3 is 2.38 bits per heavy atom. The Bertz CT molecular complexity index is 484. The molecule has 3 nitrogen and oxygen atoms in total. The van der Waals surface area contributed by atoms with Gasteiger partial charge in [0.1, 0.15) is 0 Å². The fourth-order valence-electron chi connectivity index (χ4n) is 2.36. The standard InChI is InChI=1S/C17H26BrNO2/c1-17(2,11-19-13-5-6-13)8-7-12-9-15(20-3)16(21-4)10-14(12)18/h9-10,13,19H,5-8,11H2,1-4H3. The molecule has 4 heteroatoms. The molecule has 0 saturated heterocycles. The molecule has 0 atom stereocenters. The Morgan fingerprint density at radius 1 is 1.19 bits per heavy atom. The van der Waals surface area contributed by atoms with Crippen molar-refractivity contribution in [1.29, 1.82) is 0 Å². The van der Waals surface area contributed by atoms with E-state index in [2.05, 4.69) is 41.2 Å². The number of methoxy groups -OCH3 is 2. The highest BCUT2D eigenvalue weighted by atomic mass is 79.9. The first-order valence-electron chi connectivity index (χ1n) is 7.59. The maximum absolute atomic E-state index is 5.39. The minimum absolute atomic E-state index is 0.301. The smallest absolute Gasteiger partial charge is 0.161 e. The third kappa shape index (κ3) is 4.89. The van der Waals surface area contributed by atoms with Crippen molar-refractivity contribution in [2.24, 2.45) is 5.41 Å². The van der Waals surface area contributed by atoms with Crippen molar-refractivity contribution in [3.63, 3.8) is 0 Å². The monoisotopic (exact) mass is 355 g/mol. The summed E-state index contributed by atoms with van der Waals surface area (Å²) in [6.07, 6.45) is 4.86. The zero-order valence-corrected chi connectivity index (χ0v) is 15.0. The second-order valence-electron chi connectivity index (χ2n) is 6.62. The molecule has 118 valence electrons. The molecule has 0 unspecified atom stereocenters. The van der Waals surface area contributed by atoms with Gasteiger partial charge in [0, 0.05) is 17.1 Å². The van der Waals surface area contributed by atoms with Gasteiger partial charge in [0.25, 0.3) is 0 Å². The molecule has 0 aliphatic heterocycles. The summed E-state index contributed by atoms with van der Waals surface area (Å²) in [7, 11) is 3.34. The van der Waals surface area contributed by atoms with Crippen molar-refractivity contribution in [3.8, 4) is 11.5 Å². The van der Waals surface area contributed by atoms with Gasteiger partial charge in [0.2, 0.25) is 0 Å². The maximum atomic E-state index is 5.39. The van der Waals surface area contributed by atoms with Crippen LogP contribution in [0.3, 0.4) is 0 Å². The average molecular weight is 356 g/mol. The highest BCUT2D eigenvalue weighted by Gasteiger charge is 2.25. The summed E-state index contributed by atoms with van der Waals surface area (Å²) in [5, 5.41) is 3.63. The molecule has 0 heterocycles. The molecule has 2 rings (SSSR count). The second kappa shape index (κ2) is 7.01. The number of benzene rings is 1. The van der Waals surface area contributed by atoms with Crippen molar-refractivity contribution < 1.29 is 9.47 Å². The normalized spacial score (nSPS) is 15.1. The van der Waals surface area contributed by atoms with E-state index < -0.39 is 0 Å². The summed E-state index contributed by atoms with van der Waals surface area (Å²) >= 11 is 3.64. The van der Waals surface area contributed by atoms with Crippen molar-refractivity contribution in [1.82, 2.24) is 5.32 Å². The van der Waals surface area contributed by atoms with Crippen LogP contribution in [0.5, 0.6) is 11.5 Å². The Labute approximate surface area is 136 Å². The molecular formula is C17H26BrNO2. The van der Waals surface area contributed by atoms with Crippen LogP contribution in [-0.2, 0) is 6.42 Å². The molecule has 0 radical (unpaired) electrons. The van der Waals surface area contributed by atoms with Gasteiger partial charge in [0.15, 0.2) is 11.5 Å². The molecule has 1 saturated carbocycles. The fourth-order valence-corrected chi connectivity index (χ4v) is 2.88. The first-order valence-corrected chi connectivity index (χ1v) is 8.38. The number of hydrogen-bond acceptors (Lipinski definition) is 3. The van der Waals surface area contributed by atoms with Gasteiger partial charge in [-0.1, -0.05) is 29.8 Å². The van der Waals surface area contributed by atoms with Crippen molar-refractivity contribution in [3.05, 3.63) is 22.2 Å². The molecule has 1 fully saturated rings. The van der Waals surface area contributed by atoms with Gasteiger partial charge >= 0.3 is 0 Å². The van der Waals surface area contributed by atoms with Gasteiger partial charge in [-0.2, -0.15) is 0 Å². The van der Waals surface area contributed by atoms with E-state index in [4.69, 9.17) is 9.47 Å². The van der Waals surface area contributed by atoms with Crippen molar-refractivity contribution in [2.45, 2.75) is 45.6 Å². The molecule has 1 aromatic rings. The average Bonchev–Trinajstić information content (AvgIpc) is 3.28. The molecule has 0 aromatic heterocycles. The van der Waals surface area contributed by atoms with E-state index in [1.165, 1.54) is 18.4 Å². The lowest BCUT2D eigenvalue weighted by Gasteiger charge is -2.25. The topological polar surface area (TPSA) is 30.5 Å². The predicted octanol–water partition coefficient (Wildman–Crippen LogP) is 4.18. The zero-order valence-electron chi connectivity index (χ0n) is 13.5. The first-order chi connectivity index (χ1) is 9.95. The van der Waals surface area contributed by atoms with E-state index in [9.17, 15) is 0 Å². The third-order valence-electron chi connectivity index (χ3n) is 4.07. The highest BCUT2D eigenvalue weighted by Crippen LogP contribution is 2.35. The van der Waals surface area contributed by atoms with Crippen LogP contribution in [0.25, 0.3) is 0 Å². The summed E-state index contributed by atoms with van der Waals surface area (Å²) in [5.74, 6) is 1.56. The van der Waals surface area contributed by atoms with Crippen LogP contribution in [-0.4, -0.2) is 26.8 Å². The molecule has 0 amide bonds. The number of nitrogens with one attached hydrogen (secondary N) is 1. The van der Waals surface area contributed by atoms with Crippen molar-refractivity contribution in [2.75, 3.05) is 20.8 Å². The van der Waals surface area contributed by atoms with E-state index in [1.807, 2.05) is 6.07 Å². The molecular weight excluding hydrogens is 330 g/mol. The Kier molecular flexibility index (Phi) is 5.55. The van der Waals surface area contributed by atoms with Gasteiger partial charge in [-0.05, 0) is 48.8 Å². The van der Waals surface area contributed by atoms with E-state index in [1.54, 1.807) is 14.2 Å². The molecule has 0 spiro atoms. The van der Waals surface area contributed by atoms with Gasteiger partial charge < -0.3 is 14.8 Å². The van der Waals surface area contributed by atoms with Crippen molar-refractivity contribution >= 4 is 15.9 Å². The maximum Gasteiger partial charge on any atom is 0.161 e. The Balaban J connectivity index is 1.97. The van der Waals surface area contributed by atoms with E-state index in [-0.39, 0.29) is 0 Å². The SMILES string of the molecule is COc1cc(Br)c(CCC(C)(C)CNC2CC2)cc1OC. The van der Waals surface area contributed by atoms with Gasteiger partial charge in [-0.15, -0.1) is 0 Å². The summed E-state index contributed by atoms with van der Waals surface area (Å²) in [6, 6.07) is 4.84. The summed E-state index contributed by atoms with van der Waals surface area (Å²) in [5.41, 5.74) is 1.57. The minimum Gasteiger partial charge on any atom is -0.493 e. The second-order valence-corrected chi connectivity index (χ2v) is 7.47. The van der Waals surface area contributed by atoms with Crippen LogP contribution < -0.4 is 14.8 Å². The van der Waals surface area contributed by atoms with Gasteiger partial charge in [0.05, 0.1) is 14.2 Å². The molecule has 0 bridgehead atoms. The third-order valence-corrected chi connectivity index (χ3v) is 4.81. The summed E-state index contributed by atoms with van der Waals surface area (Å²) in [6.45, 7) is 5.75. The number of halogens is 1. The number of hydrogen-bond donors (Lipinski definition) is 1. The quantitative estimate of drug-likeness (QED) is 0.758. The Morgan fingerprint density at radius 2 is 1.81 bits per heavy atom. The number of rotatable bonds is 8. The lowest BCUT2D eigenvalue weighted by Crippen LogP contribution is -2.31. The lowest BCUT2D eigenvalue weighted by atomic mass is 9.86. The predicted molar refractivity (Wildman–Crippen MR) is 90.4 cm³/mol. The molecule has 1 aliphatic carbocycles. The van der Waals surface area contributed by atoms with Crippen LogP contribution in [0.4, 0.5) is 0 Å². The molecule has 1 N–H and O–H groups in total. The fraction of sp³-hybridized carbons (Fsp3) is 0.647. The summed E-state index contributed by atoms with van der Waals surface area (Å²) in [4.78, 5) is 0. The van der Waals surface area contributed by atoms with E-state index in [0.717, 1.165) is 41.4 Å². The zero-order chi connectivity index (χ0) is 15.5. The number of aryl methyl sites for hydroxylation is 1. The van der Waals surface area contributed by atoms with Crippen LogP contribution in [0, 0.1) is 5.41 Å². The van der Waals surface area contributed by atoms with Crippen LogP contribution >= 0.6 is 15.9 Å². The van der Waals surface area contributed by atoms with Crippen LogP contribution in [0.15, 0.2) is 16.6 Å². The molecule has 1 aromatic carbocycles. The minimum atomic E-state index is 0.301. The summed E-state index contributed by atoms with van der Waals surface area (Å²) < 4.78 is 11.8. The largest absolute Gasteiger partial charge is 0.493 e. The highest BCUT2D eigenvalue weighted by molar-refractivity contribution is 9.10. The lowest BCUT2D eigenvalue weighted by molar-refractivity contribution is 0.312. The van der Waals surface area contributed by atoms with Crippen LogP contribution in [0.1, 0.15) is 38.7 Å². The van der Waals surface area contributed by atoms with E-state index in [0.29, 0.717) is 5.41 Å². The molecule has 21 heavy (non-hydrogen) atoms. The number of ether oxygens (including phenoxy) is 2. The molecule has 1 aliphatic rings. The van der Waals surface area contributed by atoms with Crippen LogP contribution in [0.2, 0.25) is 0 Å². The van der Waals surface area contributed by atoms with Gasteiger partial charge in [-0.3, -0.25) is 0 Å². The Hall–Kier alpha value is -0.740. The van der Waals surface area contributed by atoms with Gasteiger partial charge in [-0.25, -0.2) is 0 Å². The first kappa shape index (κ1) is 16.6.